The molecule has 3 N–H and O–H groups in total. The fourth-order valence-electron chi connectivity index (χ4n) is 2.37. The van der Waals surface area contributed by atoms with E-state index in [-0.39, 0.29) is 25.6 Å². The predicted molar refractivity (Wildman–Crippen MR) is 97.5 cm³/mol. The quantitative estimate of drug-likeness (QED) is 0.673. The maximum atomic E-state index is 12.7. The van der Waals surface area contributed by atoms with E-state index in [1.807, 2.05) is 0 Å². The summed E-state index contributed by atoms with van der Waals surface area (Å²) in [5, 5.41) is 7.77. The normalized spacial score (nSPS) is 11.0. The minimum Gasteiger partial charge on any atom is -0.375 e. The highest BCUT2D eigenvalue weighted by atomic mass is 19.4. The Morgan fingerprint density at radius 3 is 2.18 bits per heavy atom. The molecule has 6 nitrogen and oxygen atoms in total. The molecule has 0 heterocycles. The average molecular weight is 395 g/mol. The third-order valence-corrected chi connectivity index (χ3v) is 3.65. The second kappa shape index (κ2) is 9.75. The van der Waals surface area contributed by atoms with Crippen molar-refractivity contribution < 1.29 is 27.5 Å². The molecular formula is C19H20F3N3O3. The van der Waals surface area contributed by atoms with Crippen LogP contribution in [0.1, 0.15) is 16.7 Å². The molecule has 0 unspecified atom stereocenters. The molecule has 2 rings (SSSR count). The number of nitrogens with one attached hydrogen (secondary N) is 3. The molecule has 2 aromatic carbocycles. The van der Waals surface area contributed by atoms with Gasteiger partial charge in [-0.2, -0.15) is 13.2 Å². The summed E-state index contributed by atoms with van der Waals surface area (Å²) in [6.45, 7) is 0.0751. The van der Waals surface area contributed by atoms with Crippen molar-refractivity contribution in [3.05, 3.63) is 65.2 Å². The van der Waals surface area contributed by atoms with Crippen LogP contribution in [0.15, 0.2) is 48.5 Å². The first-order valence-electron chi connectivity index (χ1n) is 8.33. The smallest absolute Gasteiger partial charge is 0.375 e. The zero-order chi connectivity index (χ0) is 20.6. The van der Waals surface area contributed by atoms with E-state index in [0.717, 1.165) is 17.7 Å². The van der Waals surface area contributed by atoms with Crippen molar-refractivity contribution in [1.29, 1.82) is 0 Å². The van der Waals surface area contributed by atoms with Gasteiger partial charge in [0, 0.05) is 25.9 Å². The van der Waals surface area contributed by atoms with Gasteiger partial charge in [-0.25, -0.2) is 4.79 Å². The van der Waals surface area contributed by atoms with Crippen molar-refractivity contribution in [1.82, 2.24) is 10.6 Å². The Labute approximate surface area is 160 Å². The summed E-state index contributed by atoms with van der Waals surface area (Å²) in [5.74, 6) is -0.300. The molecule has 0 radical (unpaired) electrons. The minimum atomic E-state index is -4.43. The Morgan fingerprint density at radius 1 is 0.964 bits per heavy atom. The third kappa shape index (κ3) is 6.92. The average Bonchev–Trinajstić information content (AvgIpc) is 2.65. The highest BCUT2D eigenvalue weighted by Crippen LogP contribution is 2.29. The van der Waals surface area contributed by atoms with Crippen LogP contribution < -0.4 is 16.0 Å². The predicted octanol–water partition coefficient (Wildman–Crippen LogP) is 3.29. The largest absolute Gasteiger partial charge is 0.416 e. The van der Waals surface area contributed by atoms with Crippen LogP contribution in [0.25, 0.3) is 0 Å². The summed E-state index contributed by atoms with van der Waals surface area (Å²) in [4.78, 5) is 23.4. The molecule has 0 aliphatic heterocycles. The highest BCUT2D eigenvalue weighted by Gasteiger charge is 2.30. The monoisotopic (exact) mass is 395 g/mol. The van der Waals surface area contributed by atoms with E-state index < -0.39 is 17.8 Å². The molecule has 0 bridgehead atoms. The van der Waals surface area contributed by atoms with Crippen molar-refractivity contribution in [2.75, 3.05) is 19.0 Å². The van der Waals surface area contributed by atoms with Crippen molar-refractivity contribution in [3.63, 3.8) is 0 Å². The number of ether oxygens (including phenoxy) is 1. The number of hydrogen-bond acceptors (Lipinski definition) is 3. The first-order valence-corrected chi connectivity index (χ1v) is 8.33. The lowest BCUT2D eigenvalue weighted by atomic mass is 10.1. The third-order valence-electron chi connectivity index (χ3n) is 3.65. The summed E-state index contributed by atoms with van der Waals surface area (Å²) in [7, 11) is 1.41. The lowest BCUT2D eigenvalue weighted by Crippen LogP contribution is -2.34. The number of amides is 3. The van der Waals surface area contributed by atoms with Crippen LogP contribution >= 0.6 is 0 Å². The molecule has 0 aliphatic rings. The molecule has 9 heteroatoms. The van der Waals surface area contributed by atoms with Crippen molar-refractivity contribution >= 4 is 17.6 Å². The number of anilines is 1. The molecule has 0 saturated carbocycles. The molecule has 0 aromatic heterocycles. The highest BCUT2D eigenvalue weighted by molar-refractivity contribution is 5.91. The van der Waals surface area contributed by atoms with Gasteiger partial charge in [0.05, 0.1) is 5.56 Å². The number of carbonyl (C=O) groups excluding carboxylic acids is 2. The van der Waals surface area contributed by atoms with Crippen LogP contribution in [-0.2, 0) is 28.8 Å². The molecule has 150 valence electrons. The molecule has 0 spiro atoms. The molecule has 3 amide bonds. The summed E-state index contributed by atoms with van der Waals surface area (Å²) < 4.78 is 42.8. The Balaban J connectivity index is 1.84. The van der Waals surface area contributed by atoms with Gasteiger partial charge in [-0.1, -0.05) is 24.3 Å². The van der Waals surface area contributed by atoms with Crippen molar-refractivity contribution in [3.8, 4) is 0 Å². The van der Waals surface area contributed by atoms with Gasteiger partial charge in [-0.05, 0) is 35.4 Å². The molecule has 28 heavy (non-hydrogen) atoms. The van der Waals surface area contributed by atoms with Crippen LogP contribution in [0.4, 0.5) is 23.7 Å². The van der Waals surface area contributed by atoms with Gasteiger partial charge in [-0.3, -0.25) is 4.79 Å². The fourth-order valence-corrected chi connectivity index (χ4v) is 2.37. The number of halogens is 3. The van der Waals surface area contributed by atoms with E-state index in [2.05, 4.69) is 16.0 Å². The maximum Gasteiger partial charge on any atom is 0.416 e. The first-order chi connectivity index (χ1) is 13.3. The lowest BCUT2D eigenvalue weighted by molar-refractivity contribution is -0.137. The summed E-state index contributed by atoms with van der Waals surface area (Å²) >= 11 is 0. The SMILES string of the molecule is COCC(=O)Nc1cccc(CNC(=O)NCc2cccc(C(F)(F)F)c2)c1. The standard InChI is InChI=1S/C19H20F3N3O3/c1-28-12-17(26)25-16-7-3-5-14(9-16)11-24-18(27)23-10-13-4-2-6-15(8-13)19(20,21)22/h2-9H,10-12H2,1H3,(H,25,26)(H2,23,24,27). The number of carbonyl (C=O) groups is 2. The van der Waals surface area contributed by atoms with Gasteiger partial charge in [-0.15, -0.1) is 0 Å². The summed E-state index contributed by atoms with van der Waals surface area (Å²) in [5.41, 5.74) is 0.877. The number of hydrogen-bond donors (Lipinski definition) is 3. The van der Waals surface area contributed by atoms with Crippen LogP contribution in [0.3, 0.4) is 0 Å². The molecule has 0 fully saturated rings. The first kappa shape index (κ1) is 21.2. The molecule has 0 aliphatic carbocycles. The van der Waals surface area contributed by atoms with Crippen LogP contribution in [0.2, 0.25) is 0 Å². The zero-order valence-electron chi connectivity index (χ0n) is 15.1. The van der Waals surface area contributed by atoms with Crippen LogP contribution in [0, 0.1) is 0 Å². The van der Waals surface area contributed by atoms with Gasteiger partial charge >= 0.3 is 12.2 Å². The van der Waals surface area contributed by atoms with E-state index >= 15 is 0 Å². The van der Waals surface area contributed by atoms with Gasteiger partial charge in [0.15, 0.2) is 0 Å². The van der Waals surface area contributed by atoms with E-state index in [0.29, 0.717) is 11.3 Å². The van der Waals surface area contributed by atoms with Gasteiger partial charge in [0.1, 0.15) is 6.61 Å². The Morgan fingerprint density at radius 2 is 1.57 bits per heavy atom. The van der Waals surface area contributed by atoms with Gasteiger partial charge in [0.25, 0.3) is 0 Å². The number of alkyl halides is 3. The fraction of sp³-hybridized carbons (Fsp3) is 0.263. The number of urea groups is 1. The van der Waals surface area contributed by atoms with Crippen molar-refractivity contribution in [2.24, 2.45) is 0 Å². The van der Waals surface area contributed by atoms with Crippen molar-refractivity contribution in [2.45, 2.75) is 19.3 Å². The maximum absolute atomic E-state index is 12.7. The Bertz CT molecular complexity index is 825. The second-order valence-electron chi connectivity index (χ2n) is 5.92. The topological polar surface area (TPSA) is 79.5 Å². The minimum absolute atomic E-state index is 0.0388. The molecule has 2 aromatic rings. The number of rotatable bonds is 7. The van der Waals surface area contributed by atoms with Crippen LogP contribution in [-0.4, -0.2) is 25.7 Å². The Hall–Kier alpha value is -3.07. The number of methoxy groups -OCH3 is 1. The van der Waals surface area contributed by atoms with Crippen LogP contribution in [0.5, 0.6) is 0 Å². The lowest BCUT2D eigenvalue weighted by Gasteiger charge is -2.11. The van der Waals surface area contributed by atoms with Gasteiger partial charge in [0.2, 0.25) is 5.91 Å². The summed E-state index contributed by atoms with van der Waals surface area (Å²) in [6, 6.07) is 11.1. The molecular weight excluding hydrogens is 375 g/mol. The molecule has 0 atom stereocenters. The van der Waals surface area contributed by atoms with E-state index in [4.69, 9.17) is 4.74 Å². The van der Waals surface area contributed by atoms with E-state index in [1.54, 1.807) is 24.3 Å². The van der Waals surface area contributed by atoms with E-state index in [1.165, 1.54) is 19.2 Å². The van der Waals surface area contributed by atoms with E-state index in [9.17, 15) is 22.8 Å². The zero-order valence-corrected chi connectivity index (χ0v) is 15.1. The summed E-state index contributed by atoms with van der Waals surface area (Å²) in [6.07, 6.45) is -4.43. The van der Waals surface area contributed by atoms with Gasteiger partial charge < -0.3 is 20.7 Å². The molecule has 0 saturated heterocycles. The second-order valence-corrected chi connectivity index (χ2v) is 5.92. The number of benzene rings is 2. The Kier molecular flexibility index (Phi) is 7.39.